The van der Waals surface area contributed by atoms with Gasteiger partial charge in [-0.2, -0.15) is 5.26 Å². The van der Waals surface area contributed by atoms with Crippen LogP contribution in [-0.2, 0) is 11.2 Å². The van der Waals surface area contributed by atoms with Gasteiger partial charge in [0.2, 0.25) is 5.91 Å². The molecule has 142 valence electrons. The molecule has 27 heavy (non-hydrogen) atoms. The van der Waals surface area contributed by atoms with Gasteiger partial charge < -0.3 is 15.6 Å². The number of rotatable bonds is 4. The molecule has 1 saturated heterocycles. The maximum atomic E-state index is 13.4. The first kappa shape index (κ1) is 18.9. The third-order valence-corrected chi connectivity index (χ3v) is 4.63. The molecule has 4 N–H and O–H groups in total. The topological polar surface area (TPSA) is 110 Å². The number of nitriles is 1. The van der Waals surface area contributed by atoms with E-state index < -0.39 is 17.2 Å². The van der Waals surface area contributed by atoms with Crippen molar-refractivity contribution >= 4 is 16.8 Å². The summed E-state index contributed by atoms with van der Waals surface area (Å²) in [6, 6.07) is 4.86. The number of amides is 1. The fourth-order valence-corrected chi connectivity index (χ4v) is 3.08. The third-order valence-electron chi connectivity index (χ3n) is 4.63. The van der Waals surface area contributed by atoms with E-state index in [0.717, 1.165) is 12.1 Å². The van der Waals surface area contributed by atoms with Crippen LogP contribution in [-0.4, -0.2) is 42.1 Å². The molecule has 1 aromatic heterocycles. The van der Waals surface area contributed by atoms with E-state index >= 15 is 0 Å². The first-order valence-corrected chi connectivity index (χ1v) is 8.54. The SMILES string of the molecule is C[C@@H](NC(=O)Cc1cc2cc(F)c(F)cc2[nH]c1=O)C1CNC(C#N)CN1. The minimum Gasteiger partial charge on any atom is -0.352 e. The standard InChI is InChI=1S/C18H19F2N5O2/c1-9(16-8-22-12(6-21)7-23-16)24-17(26)4-11-2-10-3-13(19)14(20)5-15(10)25-18(11)27/h2-3,5,9,12,16,22-23H,4,7-8H2,1H3,(H,24,26)(H,25,27)/t9-,12?,16?/m1/s1. The average Bonchev–Trinajstić information content (AvgIpc) is 2.64. The Morgan fingerprint density at radius 1 is 1.30 bits per heavy atom. The molecule has 0 saturated carbocycles. The van der Waals surface area contributed by atoms with Gasteiger partial charge in [0, 0.05) is 42.2 Å². The van der Waals surface area contributed by atoms with Gasteiger partial charge >= 0.3 is 0 Å². The number of pyridine rings is 1. The lowest BCUT2D eigenvalue weighted by atomic mass is 10.1. The predicted molar refractivity (Wildman–Crippen MR) is 95.0 cm³/mol. The molecule has 1 fully saturated rings. The lowest BCUT2D eigenvalue weighted by molar-refractivity contribution is -0.121. The Balaban J connectivity index is 1.67. The Morgan fingerprint density at radius 2 is 2.04 bits per heavy atom. The molecule has 2 heterocycles. The number of fused-ring (bicyclic) bond motifs is 1. The van der Waals surface area contributed by atoms with E-state index in [0.29, 0.717) is 18.5 Å². The van der Waals surface area contributed by atoms with Crippen molar-refractivity contribution < 1.29 is 13.6 Å². The first-order chi connectivity index (χ1) is 12.9. The van der Waals surface area contributed by atoms with Gasteiger partial charge in [0.15, 0.2) is 11.6 Å². The van der Waals surface area contributed by atoms with Gasteiger partial charge in [-0.05, 0) is 19.1 Å². The number of nitrogens with zero attached hydrogens (tertiary/aromatic N) is 1. The molecular weight excluding hydrogens is 356 g/mol. The minimum atomic E-state index is -1.05. The van der Waals surface area contributed by atoms with Crippen molar-refractivity contribution in [2.45, 2.75) is 31.5 Å². The highest BCUT2D eigenvalue weighted by atomic mass is 19.2. The summed E-state index contributed by atoms with van der Waals surface area (Å²) in [5, 5.41) is 18.2. The lowest BCUT2D eigenvalue weighted by Gasteiger charge is -2.32. The van der Waals surface area contributed by atoms with Gasteiger partial charge in [-0.15, -0.1) is 0 Å². The number of H-pyrrole nitrogens is 1. The fraction of sp³-hybridized carbons (Fsp3) is 0.389. The van der Waals surface area contributed by atoms with Crippen LogP contribution in [0.15, 0.2) is 23.0 Å². The average molecular weight is 375 g/mol. The normalized spacial score (nSPS) is 20.8. The number of hydrogen-bond acceptors (Lipinski definition) is 5. The molecule has 1 amide bonds. The van der Waals surface area contributed by atoms with Gasteiger partial charge in [0.1, 0.15) is 6.04 Å². The largest absolute Gasteiger partial charge is 0.352 e. The van der Waals surface area contributed by atoms with Crippen LogP contribution >= 0.6 is 0 Å². The molecule has 9 heteroatoms. The van der Waals surface area contributed by atoms with Crippen LogP contribution in [0.5, 0.6) is 0 Å². The molecule has 0 aliphatic carbocycles. The van der Waals surface area contributed by atoms with Crippen LogP contribution in [0, 0.1) is 23.0 Å². The Labute approximate surface area is 153 Å². The fourth-order valence-electron chi connectivity index (χ4n) is 3.08. The van der Waals surface area contributed by atoms with Crippen molar-refractivity contribution in [2.75, 3.05) is 13.1 Å². The Bertz CT molecular complexity index is 961. The van der Waals surface area contributed by atoms with Gasteiger partial charge in [-0.3, -0.25) is 14.9 Å². The number of piperazine rings is 1. The van der Waals surface area contributed by atoms with Crippen molar-refractivity contribution in [1.29, 1.82) is 5.26 Å². The zero-order chi connectivity index (χ0) is 19.6. The summed E-state index contributed by atoms with van der Waals surface area (Å²) >= 11 is 0. The number of aromatic nitrogens is 1. The summed E-state index contributed by atoms with van der Waals surface area (Å²) in [6.45, 7) is 2.83. The molecule has 0 radical (unpaired) electrons. The second kappa shape index (κ2) is 7.82. The highest BCUT2D eigenvalue weighted by Crippen LogP contribution is 2.16. The zero-order valence-electron chi connectivity index (χ0n) is 14.6. The summed E-state index contributed by atoms with van der Waals surface area (Å²) in [4.78, 5) is 26.9. The lowest BCUT2D eigenvalue weighted by Crippen LogP contribution is -2.61. The Morgan fingerprint density at radius 3 is 2.70 bits per heavy atom. The predicted octanol–water partition coefficient (Wildman–Crippen LogP) is 0.307. The molecule has 0 spiro atoms. The summed E-state index contributed by atoms with van der Waals surface area (Å²) < 4.78 is 26.7. The number of halogens is 2. The van der Waals surface area contributed by atoms with Gasteiger partial charge in [0.25, 0.3) is 5.56 Å². The number of aromatic amines is 1. The maximum Gasteiger partial charge on any atom is 0.252 e. The molecular formula is C18H19F2N5O2. The monoisotopic (exact) mass is 375 g/mol. The van der Waals surface area contributed by atoms with Crippen molar-refractivity contribution in [2.24, 2.45) is 0 Å². The van der Waals surface area contributed by atoms with Gasteiger partial charge in [-0.1, -0.05) is 0 Å². The van der Waals surface area contributed by atoms with E-state index in [1.165, 1.54) is 6.07 Å². The molecule has 2 aromatic rings. The molecule has 0 bridgehead atoms. The molecule has 1 aliphatic rings. The van der Waals surface area contributed by atoms with Crippen molar-refractivity contribution in [1.82, 2.24) is 20.9 Å². The molecule has 2 unspecified atom stereocenters. The van der Waals surface area contributed by atoms with Crippen LogP contribution in [0.4, 0.5) is 8.78 Å². The number of benzene rings is 1. The maximum absolute atomic E-state index is 13.4. The summed E-state index contributed by atoms with van der Waals surface area (Å²) in [5.41, 5.74) is -0.191. The molecule has 7 nitrogen and oxygen atoms in total. The van der Waals surface area contributed by atoms with E-state index in [-0.39, 0.29) is 41.5 Å². The van der Waals surface area contributed by atoms with Crippen molar-refractivity contribution in [3.63, 3.8) is 0 Å². The number of carbonyl (C=O) groups is 1. The second-order valence-electron chi connectivity index (χ2n) is 6.61. The van der Waals surface area contributed by atoms with Crippen molar-refractivity contribution in [3.8, 4) is 6.07 Å². The van der Waals surface area contributed by atoms with Gasteiger partial charge in [-0.25, -0.2) is 8.78 Å². The minimum absolute atomic E-state index is 0.0505. The molecule has 3 atom stereocenters. The van der Waals surface area contributed by atoms with E-state index in [4.69, 9.17) is 5.26 Å². The van der Waals surface area contributed by atoms with Crippen LogP contribution in [0.3, 0.4) is 0 Å². The van der Waals surface area contributed by atoms with Crippen LogP contribution in [0.25, 0.3) is 10.9 Å². The van der Waals surface area contributed by atoms with Crippen molar-refractivity contribution in [3.05, 3.63) is 45.8 Å². The van der Waals surface area contributed by atoms with E-state index in [9.17, 15) is 18.4 Å². The number of hydrogen-bond donors (Lipinski definition) is 4. The number of nitrogens with one attached hydrogen (secondary N) is 4. The zero-order valence-corrected chi connectivity index (χ0v) is 14.6. The second-order valence-corrected chi connectivity index (χ2v) is 6.61. The van der Waals surface area contributed by atoms with Crippen LogP contribution in [0.1, 0.15) is 12.5 Å². The van der Waals surface area contributed by atoms with E-state index in [1.807, 2.05) is 6.92 Å². The Hall–Kier alpha value is -2.83. The highest BCUT2D eigenvalue weighted by Gasteiger charge is 2.25. The van der Waals surface area contributed by atoms with E-state index in [1.54, 1.807) is 0 Å². The smallest absolute Gasteiger partial charge is 0.252 e. The first-order valence-electron chi connectivity index (χ1n) is 8.54. The van der Waals surface area contributed by atoms with E-state index in [2.05, 4.69) is 27.0 Å². The number of carbonyl (C=O) groups excluding carboxylic acids is 1. The Kier molecular flexibility index (Phi) is 5.48. The summed E-state index contributed by atoms with van der Waals surface area (Å²) in [7, 11) is 0. The molecule has 3 rings (SSSR count). The third kappa shape index (κ3) is 4.30. The summed E-state index contributed by atoms with van der Waals surface area (Å²) in [6.07, 6.45) is -0.185. The van der Waals surface area contributed by atoms with Crippen LogP contribution in [0.2, 0.25) is 0 Å². The van der Waals surface area contributed by atoms with Crippen LogP contribution < -0.4 is 21.5 Å². The summed E-state index contributed by atoms with van der Waals surface area (Å²) in [5.74, 6) is -2.44. The van der Waals surface area contributed by atoms with Gasteiger partial charge in [0.05, 0.1) is 18.0 Å². The molecule has 1 aliphatic heterocycles. The highest BCUT2D eigenvalue weighted by molar-refractivity contribution is 5.83. The molecule has 1 aromatic carbocycles. The quantitative estimate of drug-likeness (QED) is 0.615.